The van der Waals surface area contributed by atoms with Gasteiger partial charge in [-0.1, -0.05) is 113 Å². The van der Waals surface area contributed by atoms with Crippen molar-refractivity contribution in [3.63, 3.8) is 0 Å². The Morgan fingerprint density at radius 2 is 1.08 bits per heavy atom. The highest BCUT2D eigenvalue weighted by Crippen LogP contribution is 2.33. The topological polar surface area (TPSA) is 0 Å². The summed E-state index contributed by atoms with van der Waals surface area (Å²) in [7, 11) is 0. The molecule has 0 aromatic heterocycles. The predicted molar refractivity (Wildman–Crippen MR) is 155 cm³/mol. The van der Waals surface area contributed by atoms with Crippen LogP contribution in [0, 0.1) is 49.2 Å². The molecule has 0 atom stereocenters. The highest BCUT2D eigenvalue weighted by atomic mass is 35.5. The van der Waals surface area contributed by atoms with Crippen molar-refractivity contribution in [3.8, 4) is 0 Å². The van der Waals surface area contributed by atoms with E-state index in [2.05, 4.69) is 13.8 Å². The van der Waals surface area contributed by atoms with E-state index in [4.69, 9.17) is 23.2 Å². The smallest absolute Gasteiger partial charge is 0.145 e. The van der Waals surface area contributed by atoms with Crippen LogP contribution in [0.5, 0.6) is 0 Å². The number of hydrogen-bond donors (Lipinski definition) is 0. The second-order valence-corrected chi connectivity index (χ2v) is 12.4. The SMILES string of the molecule is Cc1ccc(CCC2CCC(C)CC2)c(Cl)c1F.Cc1ccc(CCC2CCC(C)CC2)c(F)c1Cl.[HH].[HH]. The Kier molecular flexibility index (Phi) is 11.6. The van der Waals surface area contributed by atoms with E-state index in [9.17, 15) is 8.78 Å². The Labute approximate surface area is 231 Å². The maximum Gasteiger partial charge on any atom is 0.145 e. The van der Waals surface area contributed by atoms with Crippen molar-refractivity contribution in [3.05, 3.63) is 68.2 Å². The zero-order chi connectivity index (χ0) is 26.2. The standard InChI is InChI=1S/2C16H22ClF.2H2/c1-11-3-6-13(7-4-11)8-10-14-9-5-12(2)16(18)15(14)17;1-11-3-6-13(7-4-11)8-10-14-9-5-12(2)15(17)16(14)18;;/h2*5,9,11,13H,3-4,6-8,10H2,1-2H3;2*1H. The first-order valence-electron chi connectivity index (χ1n) is 14.0. The van der Waals surface area contributed by atoms with Gasteiger partial charge in [0.05, 0.1) is 10.0 Å². The van der Waals surface area contributed by atoms with E-state index in [1.807, 2.05) is 31.2 Å². The Morgan fingerprint density at radius 3 is 1.61 bits per heavy atom. The molecule has 2 aromatic carbocycles. The molecule has 2 aliphatic carbocycles. The minimum absolute atomic E-state index is 0. The fraction of sp³-hybridized carbons (Fsp3) is 0.625. The molecule has 36 heavy (non-hydrogen) atoms. The molecule has 0 amide bonds. The number of hydrogen-bond acceptors (Lipinski definition) is 0. The van der Waals surface area contributed by atoms with Gasteiger partial charge >= 0.3 is 0 Å². The van der Waals surface area contributed by atoms with Gasteiger partial charge in [-0.2, -0.15) is 0 Å². The molecule has 4 heteroatoms. The Balaban J connectivity index is 0.000000361. The molecule has 0 spiro atoms. The van der Waals surface area contributed by atoms with Crippen LogP contribution in [0.15, 0.2) is 24.3 Å². The van der Waals surface area contributed by atoms with E-state index in [1.54, 1.807) is 6.92 Å². The van der Waals surface area contributed by atoms with Gasteiger partial charge in [0.2, 0.25) is 0 Å². The lowest BCUT2D eigenvalue weighted by atomic mass is 9.80. The Morgan fingerprint density at radius 1 is 0.639 bits per heavy atom. The van der Waals surface area contributed by atoms with Gasteiger partial charge in [0.1, 0.15) is 11.6 Å². The van der Waals surface area contributed by atoms with E-state index in [0.717, 1.165) is 66.0 Å². The summed E-state index contributed by atoms with van der Waals surface area (Å²) in [6, 6.07) is 7.62. The summed E-state index contributed by atoms with van der Waals surface area (Å²) < 4.78 is 27.6. The zero-order valence-corrected chi connectivity index (χ0v) is 24.1. The fourth-order valence-corrected chi connectivity index (χ4v) is 6.20. The minimum Gasteiger partial charge on any atom is -0.205 e. The zero-order valence-electron chi connectivity index (χ0n) is 22.6. The van der Waals surface area contributed by atoms with Crippen molar-refractivity contribution in [1.29, 1.82) is 0 Å². The van der Waals surface area contributed by atoms with Crippen LogP contribution < -0.4 is 0 Å². The van der Waals surface area contributed by atoms with E-state index in [-0.39, 0.29) is 14.5 Å². The summed E-state index contributed by atoms with van der Waals surface area (Å²) in [6.07, 6.45) is 14.6. The highest BCUT2D eigenvalue weighted by molar-refractivity contribution is 6.31. The molecule has 0 aliphatic heterocycles. The largest absolute Gasteiger partial charge is 0.205 e. The van der Waals surface area contributed by atoms with E-state index >= 15 is 0 Å². The van der Waals surface area contributed by atoms with Crippen molar-refractivity contribution >= 4 is 23.2 Å². The number of halogens is 4. The van der Waals surface area contributed by atoms with Crippen molar-refractivity contribution < 1.29 is 11.6 Å². The highest BCUT2D eigenvalue weighted by Gasteiger charge is 2.20. The number of aryl methyl sites for hydroxylation is 4. The van der Waals surface area contributed by atoms with Gasteiger partial charge in [-0.3, -0.25) is 0 Å². The van der Waals surface area contributed by atoms with Gasteiger partial charge in [0.15, 0.2) is 0 Å². The first-order chi connectivity index (χ1) is 17.2. The molecule has 0 radical (unpaired) electrons. The summed E-state index contributed by atoms with van der Waals surface area (Å²) in [5.41, 5.74) is 3.21. The molecule has 204 valence electrons. The van der Waals surface area contributed by atoms with Gasteiger partial charge in [-0.15, -0.1) is 0 Å². The molecule has 0 saturated heterocycles. The van der Waals surface area contributed by atoms with Crippen LogP contribution >= 0.6 is 23.2 Å². The van der Waals surface area contributed by atoms with Crippen molar-refractivity contribution in [2.24, 2.45) is 23.7 Å². The molecular weight excluding hydrogens is 493 g/mol. The molecule has 0 heterocycles. The van der Waals surface area contributed by atoms with Crippen LogP contribution in [0.3, 0.4) is 0 Å². The summed E-state index contributed by atoms with van der Waals surface area (Å²) in [6.45, 7) is 8.27. The molecule has 0 N–H and O–H groups in total. The normalized spacial score (nSPS) is 24.2. The molecule has 0 unspecified atom stereocenters. The summed E-state index contributed by atoms with van der Waals surface area (Å²) in [4.78, 5) is 0. The molecule has 0 nitrogen and oxygen atoms in total. The lowest BCUT2D eigenvalue weighted by Gasteiger charge is -2.26. The third-order valence-corrected chi connectivity index (χ3v) is 9.50. The van der Waals surface area contributed by atoms with Gasteiger partial charge in [-0.25, -0.2) is 8.78 Å². The van der Waals surface area contributed by atoms with Crippen molar-refractivity contribution in [2.45, 2.75) is 105 Å². The molecule has 4 rings (SSSR count). The summed E-state index contributed by atoms with van der Waals surface area (Å²) >= 11 is 12.0. The van der Waals surface area contributed by atoms with Crippen LogP contribution in [-0.4, -0.2) is 0 Å². The second kappa shape index (κ2) is 14.1. The van der Waals surface area contributed by atoms with Crippen LogP contribution in [0.25, 0.3) is 0 Å². The third-order valence-electron chi connectivity index (χ3n) is 8.63. The molecule has 2 fully saturated rings. The van der Waals surface area contributed by atoms with Crippen LogP contribution in [0.2, 0.25) is 10.0 Å². The Hall–Kier alpha value is -1.12. The molecule has 0 bridgehead atoms. The lowest BCUT2D eigenvalue weighted by molar-refractivity contribution is 0.277. The molecular formula is C32H48Cl2F2. The third kappa shape index (κ3) is 8.45. The van der Waals surface area contributed by atoms with Crippen molar-refractivity contribution in [2.75, 3.05) is 0 Å². The second-order valence-electron chi connectivity index (χ2n) is 11.7. The number of benzene rings is 2. The molecule has 2 saturated carbocycles. The summed E-state index contributed by atoms with van der Waals surface area (Å²) in [5, 5.41) is 0.629. The predicted octanol–water partition coefficient (Wildman–Crippen LogP) is 11.6. The molecule has 2 aliphatic rings. The van der Waals surface area contributed by atoms with Gasteiger partial charge < -0.3 is 0 Å². The maximum atomic E-state index is 13.9. The lowest BCUT2D eigenvalue weighted by Crippen LogP contribution is -2.13. The first-order valence-corrected chi connectivity index (χ1v) is 14.8. The Bertz CT molecular complexity index is 902. The van der Waals surface area contributed by atoms with Crippen LogP contribution in [0.1, 0.15) is 103 Å². The van der Waals surface area contributed by atoms with Crippen LogP contribution in [0.4, 0.5) is 8.78 Å². The van der Waals surface area contributed by atoms with E-state index in [0.29, 0.717) is 15.6 Å². The average Bonchev–Trinajstić information content (AvgIpc) is 2.87. The van der Waals surface area contributed by atoms with Gasteiger partial charge in [-0.05, 0) is 85.5 Å². The van der Waals surface area contributed by atoms with Gasteiger partial charge in [0, 0.05) is 2.85 Å². The van der Waals surface area contributed by atoms with Crippen molar-refractivity contribution in [1.82, 2.24) is 0 Å². The van der Waals surface area contributed by atoms with E-state index < -0.39 is 0 Å². The van der Waals surface area contributed by atoms with E-state index in [1.165, 1.54) is 51.4 Å². The fourth-order valence-electron chi connectivity index (χ4n) is 5.71. The maximum absolute atomic E-state index is 13.9. The quantitative estimate of drug-likeness (QED) is 0.341. The average molecular weight is 542 g/mol. The van der Waals surface area contributed by atoms with Gasteiger partial charge in [0.25, 0.3) is 0 Å². The minimum atomic E-state index is -0.244. The molecule has 2 aromatic rings. The monoisotopic (exact) mass is 540 g/mol. The van der Waals surface area contributed by atoms with Crippen LogP contribution in [-0.2, 0) is 12.8 Å². The first kappa shape index (κ1) is 29.4. The summed E-state index contributed by atoms with van der Waals surface area (Å²) in [5.74, 6) is 2.91. The number of rotatable bonds is 6.